The molecule has 3 rings (SSSR count). The highest BCUT2D eigenvalue weighted by atomic mass is 16.5. The van der Waals surface area contributed by atoms with E-state index in [1.165, 1.54) is 0 Å². The number of hydrogen-bond donors (Lipinski definition) is 2. The van der Waals surface area contributed by atoms with Gasteiger partial charge in [-0.25, -0.2) is 0 Å². The molecular weight excluding hydrogens is 326 g/mol. The van der Waals surface area contributed by atoms with Crippen LogP contribution in [0.1, 0.15) is 11.1 Å². The van der Waals surface area contributed by atoms with E-state index in [2.05, 4.69) is 16.4 Å². The zero-order valence-electron chi connectivity index (χ0n) is 14.7. The largest absolute Gasteiger partial charge is 0.497 e. The van der Waals surface area contributed by atoms with Crippen molar-refractivity contribution < 1.29 is 9.53 Å². The zero-order chi connectivity index (χ0) is 18.4. The summed E-state index contributed by atoms with van der Waals surface area (Å²) < 4.78 is 5.26. The van der Waals surface area contributed by atoms with Crippen LogP contribution in [0.5, 0.6) is 5.75 Å². The molecule has 0 spiro atoms. The maximum absolute atomic E-state index is 12.4. The standard InChI is InChI=1S/C21H21N3O2/c1-26-18-7-8-20-19(12-18)17(14-24-20)11-16(13-22)21(25)23-10-9-15-5-3-2-4-6-15/h2-8,12,14,16,24H,9-11H2,1H3,(H,23,25)/t16-/m0/s1. The van der Waals surface area contributed by atoms with Gasteiger partial charge in [0.25, 0.3) is 0 Å². The molecule has 0 saturated carbocycles. The molecule has 1 aromatic heterocycles. The van der Waals surface area contributed by atoms with E-state index in [0.29, 0.717) is 13.0 Å². The van der Waals surface area contributed by atoms with Crippen LogP contribution in [-0.2, 0) is 17.6 Å². The number of carbonyl (C=O) groups is 1. The first-order chi connectivity index (χ1) is 12.7. The van der Waals surface area contributed by atoms with Crippen LogP contribution in [0.4, 0.5) is 0 Å². The van der Waals surface area contributed by atoms with Gasteiger partial charge in [0.1, 0.15) is 11.7 Å². The average molecular weight is 347 g/mol. The molecule has 132 valence electrons. The van der Waals surface area contributed by atoms with Crippen LogP contribution in [0.3, 0.4) is 0 Å². The number of rotatable bonds is 7. The third-order valence-electron chi connectivity index (χ3n) is 4.43. The molecule has 0 aliphatic rings. The highest BCUT2D eigenvalue weighted by Gasteiger charge is 2.20. The molecule has 1 heterocycles. The highest BCUT2D eigenvalue weighted by Crippen LogP contribution is 2.25. The van der Waals surface area contributed by atoms with Crippen molar-refractivity contribution >= 4 is 16.8 Å². The summed E-state index contributed by atoms with van der Waals surface area (Å²) in [6, 6.07) is 17.8. The number of hydrogen-bond acceptors (Lipinski definition) is 3. The normalized spacial score (nSPS) is 11.7. The molecule has 3 aromatic rings. The van der Waals surface area contributed by atoms with Gasteiger partial charge in [0, 0.05) is 23.6 Å². The van der Waals surface area contributed by atoms with Gasteiger partial charge in [-0.2, -0.15) is 5.26 Å². The van der Waals surface area contributed by atoms with Gasteiger partial charge in [0.05, 0.1) is 13.2 Å². The Hall–Kier alpha value is -3.26. The molecule has 26 heavy (non-hydrogen) atoms. The molecule has 2 N–H and O–H groups in total. The van der Waals surface area contributed by atoms with Crippen molar-refractivity contribution in [3.05, 3.63) is 65.9 Å². The Labute approximate surface area is 152 Å². The van der Waals surface area contributed by atoms with Crippen molar-refractivity contribution in [3.63, 3.8) is 0 Å². The first-order valence-corrected chi connectivity index (χ1v) is 8.56. The Kier molecular flexibility index (Phi) is 5.55. The fourth-order valence-electron chi connectivity index (χ4n) is 2.97. The number of benzene rings is 2. The van der Waals surface area contributed by atoms with E-state index in [4.69, 9.17) is 4.74 Å². The van der Waals surface area contributed by atoms with E-state index in [0.717, 1.165) is 34.2 Å². The molecule has 0 bridgehead atoms. The van der Waals surface area contributed by atoms with Crippen LogP contribution in [-0.4, -0.2) is 24.5 Å². The van der Waals surface area contributed by atoms with Crippen LogP contribution in [0.25, 0.3) is 10.9 Å². The summed E-state index contributed by atoms with van der Waals surface area (Å²) in [5.74, 6) is -0.212. The molecule has 5 heteroatoms. The second-order valence-electron chi connectivity index (χ2n) is 6.14. The number of aromatic amines is 1. The van der Waals surface area contributed by atoms with Gasteiger partial charge in [-0.1, -0.05) is 30.3 Å². The lowest BCUT2D eigenvalue weighted by Gasteiger charge is -2.10. The number of nitrogens with zero attached hydrogens (tertiary/aromatic N) is 1. The maximum atomic E-state index is 12.4. The minimum Gasteiger partial charge on any atom is -0.497 e. The lowest BCUT2D eigenvalue weighted by molar-refractivity contribution is -0.123. The summed E-state index contributed by atoms with van der Waals surface area (Å²) in [7, 11) is 1.62. The van der Waals surface area contributed by atoms with Gasteiger partial charge in [0.2, 0.25) is 5.91 Å². The Bertz CT molecular complexity index is 925. The fraction of sp³-hybridized carbons (Fsp3) is 0.238. The minimum atomic E-state index is -0.726. The van der Waals surface area contributed by atoms with E-state index in [1.54, 1.807) is 7.11 Å². The third-order valence-corrected chi connectivity index (χ3v) is 4.43. The number of H-pyrrole nitrogens is 1. The number of nitrogens with one attached hydrogen (secondary N) is 2. The lowest BCUT2D eigenvalue weighted by Crippen LogP contribution is -2.32. The van der Waals surface area contributed by atoms with E-state index in [9.17, 15) is 10.1 Å². The number of ether oxygens (including phenoxy) is 1. The van der Waals surface area contributed by atoms with Crippen LogP contribution in [0, 0.1) is 17.2 Å². The van der Waals surface area contributed by atoms with Gasteiger partial charge in [-0.3, -0.25) is 4.79 Å². The van der Waals surface area contributed by atoms with Crippen LogP contribution >= 0.6 is 0 Å². The van der Waals surface area contributed by atoms with E-state index in [-0.39, 0.29) is 5.91 Å². The smallest absolute Gasteiger partial charge is 0.237 e. The van der Waals surface area contributed by atoms with Crippen LogP contribution in [0.2, 0.25) is 0 Å². The summed E-state index contributed by atoms with van der Waals surface area (Å²) in [4.78, 5) is 15.6. The zero-order valence-corrected chi connectivity index (χ0v) is 14.7. The van der Waals surface area contributed by atoms with Crippen molar-refractivity contribution in [1.29, 1.82) is 5.26 Å². The number of nitriles is 1. The van der Waals surface area contributed by atoms with Gasteiger partial charge in [-0.05, 0) is 42.2 Å². The van der Waals surface area contributed by atoms with E-state index >= 15 is 0 Å². The van der Waals surface area contributed by atoms with Crippen molar-refractivity contribution in [2.45, 2.75) is 12.8 Å². The second-order valence-corrected chi connectivity index (χ2v) is 6.14. The predicted octanol–water partition coefficient (Wildman–Crippen LogP) is 3.22. The Morgan fingerprint density at radius 1 is 1.27 bits per heavy atom. The Morgan fingerprint density at radius 2 is 2.08 bits per heavy atom. The molecule has 0 aliphatic carbocycles. The molecule has 1 amide bonds. The molecule has 5 nitrogen and oxygen atoms in total. The molecule has 0 radical (unpaired) electrons. The Morgan fingerprint density at radius 3 is 2.81 bits per heavy atom. The molecule has 0 saturated heterocycles. The van der Waals surface area contributed by atoms with E-state index in [1.807, 2.05) is 54.7 Å². The van der Waals surface area contributed by atoms with Crippen molar-refractivity contribution in [2.24, 2.45) is 5.92 Å². The van der Waals surface area contributed by atoms with Crippen molar-refractivity contribution in [1.82, 2.24) is 10.3 Å². The number of amides is 1. The number of aromatic nitrogens is 1. The maximum Gasteiger partial charge on any atom is 0.237 e. The van der Waals surface area contributed by atoms with Gasteiger partial charge < -0.3 is 15.0 Å². The van der Waals surface area contributed by atoms with Crippen LogP contribution < -0.4 is 10.1 Å². The van der Waals surface area contributed by atoms with Gasteiger partial charge >= 0.3 is 0 Å². The lowest BCUT2D eigenvalue weighted by atomic mass is 9.99. The average Bonchev–Trinajstić information content (AvgIpc) is 3.08. The van der Waals surface area contributed by atoms with Crippen molar-refractivity contribution in [3.8, 4) is 11.8 Å². The minimum absolute atomic E-state index is 0.235. The third kappa shape index (κ3) is 4.04. The molecular formula is C21H21N3O2. The molecule has 0 aliphatic heterocycles. The summed E-state index contributed by atoms with van der Waals surface area (Å²) in [5, 5.41) is 13.3. The number of fused-ring (bicyclic) bond motifs is 1. The SMILES string of the molecule is COc1ccc2[nH]cc(C[C@@H](C#N)C(=O)NCCc3ccccc3)c2c1. The molecule has 0 unspecified atom stereocenters. The number of carbonyl (C=O) groups excluding carboxylic acids is 1. The summed E-state index contributed by atoms with van der Waals surface area (Å²) in [5.41, 5.74) is 3.05. The first kappa shape index (κ1) is 17.6. The quantitative estimate of drug-likeness (QED) is 0.689. The highest BCUT2D eigenvalue weighted by molar-refractivity contribution is 5.86. The predicted molar refractivity (Wildman–Crippen MR) is 101 cm³/mol. The number of methoxy groups -OCH3 is 1. The Balaban J connectivity index is 1.63. The van der Waals surface area contributed by atoms with Crippen molar-refractivity contribution in [2.75, 3.05) is 13.7 Å². The van der Waals surface area contributed by atoms with Crippen LogP contribution in [0.15, 0.2) is 54.7 Å². The first-order valence-electron chi connectivity index (χ1n) is 8.56. The summed E-state index contributed by atoms with van der Waals surface area (Å²) in [6.07, 6.45) is 2.96. The molecule has 0 fully saturated rings. The van der Waals surface area contributed by atoms with E-state index < -0.39 is 5.92 Å². The molecule has 2 aromatic carbocycles. The van der Waals surface area contributed by atoms with Gasteiger partial charge in [-0.15, -0.1) is 0 Å². The second kappa shape index (κ2) is 8.21. The summed E-state index contributed by atoms with van der Waals surface area (Å²) in [6.45, 7) is 0.517. The topological polar surface area (TPSA) is 77.9 Å². The van der Waals surface area contributed by atoms with Gasteiger partial charge in [0.15, 0.2) is 0 Å². The fourth-order valence-corrected chi connectivity index (χ4v) is 2.97. The monoisotopic (exact) mass is 347 g/mol. The molecule has 1 atom stereocenters. The summed E-state index contributed by atoms with van der Waals surface area (Å²) >= 11 is 0.